The van der Waals surface area contributed by atoms with Crippen LogP contribution < -0.4 is 20.1 Å². The first-order valence-corrected chi connectivity index (χ1v) is 9.97. The second kappa shape index (κ2) is 8.62. The Bertz CT molecular complexity index is 1090. The minimum atomic E-state index is -0.630. The molecule has 0 saturated heterocycles. The molecular weight excluding hydrogens is 414 g/mol. The maximum atomic E-state index is 12.9. The van der Waals surface area contributed by atoms with E-state index in [1.807, 2.05) is 31.2 Å². The van der Waals surface area contributed by atoms with Crippen molar-refractivity contribution in [3.63, 3.8) is 0 Å². The van der Waals surface area contributed by atoms with Gasteiger partial charge in [0.1, 0.15) is 24.7 Å². The number of esters is 1. The lowest BCUT2D eigenvalue weighted by Crippen LogP contribution is -2.49. The number of carbonyl (C=O) groups is 3. The number of urea groups is 1. The number of hydrogen-bond acceptors (Lipinski definition) is 6. The molecule has 0 spiro atoms. The zero-order valence-corrected chi connectivity index (χ0v) is 17.9. The SMILES string of the molecule is COc1cc(NC(=O)CN2C(=O)N[C@@H](c3ccc(C)cc3)C3=C2COC3=O)cc(OC)c1. The summed E-state index contributed by atoms with van der Waals surface area (Å²) in [6.45, 7) is 1.60. The van der Waals surface area contributed by atoms with Crippen molar-refractivity contribution in [2.75, 3.05) is 32.7 Å². The summed E-state index contributed by atoms with van der Waals surface area (Å²) in [4.78, 5) is 39.3. The normalized spacial score (nSPS) is 17.5. The summed E-state index contributed by atoms with van der Waals surface area (Å²) < 4.78 is 15.6. The molecule has 4 rings (SSSR count). The van der Waals surface area contributed by atoms with Gasteiger partial charge in [0.15, 0.2) is 0 Å². The summed E-state index contributed by atoms with van der Waals surface area (Å²) in [6, 6.07) is 11.4. The van der Waals surface area contributed by atoms with Crippen LogP contribution in [0.5, 0.6) is 11.5 Å². The van der Waals surface area contributed by atoms with Gasteiger partial charge in [-0.05, 0) is 12.5 Å². The summed E-state index contributed by atoms with van der Waals surface area (Å²) in [5, 5.41) is 5.55. The van der Waals surface area contributed by atoms with E-state index in [0.29, 0.717) is 28.5 Å². The first-order chi connectivity index (χ1) is 15.4. The Hall–Kier alpha value is -4.01. The number of rotatable bonds is 6. The van der Waals surface area contributed by atoms with Gasteiger partial charge in [-0.2, -0.15) is 0 Å². The summed E-state index contributed by atoms with van der Waals surface area (Å²) in [7, 11) is 3.02. The molecule has 0 aliphatic carbocycles. The predicted octanol–water partition coefficient (Wildman–Crippen LogP) is 2.53. The number of cyclic esters (lactones) is 1. The molecule has 166 valence electrons. The van der Waals surface area contributed by atoms with E-state index in [1.54, 1.807) is 18.2 Å². The molecule has 32 heavy (non-hydrogen) atoms. The largest absolute Gasteiger partial charge is 0.497 e. The monoisotopic (exact) mass is 437 g/mol. The highest BCUT2D eigenvalue weighted by Crippen LogP contribution is 2.35. The Morgan fingerprint density at radius 1 is 1.12 bits per heavy atom. The van der Waals surface area contributed by atoms with Gasteiger partial charge in [-0.15, -0.1) is 0 Å². The van der Waals surface area contributed by atoms with Crippen LogP contribution in [0.3, 0.4) is 0 Å². The second-order valence-corrected chi connectivity index (χ2v) is 7.47. The van der Waals surface area contributed by atoms with E-state index in [1.165, 1.54) is 19.1 Å². The van der Waals surface area contributed by atoms with Crippen molar-refractivity contribution in [2.45, 2.75) is 13.0 Å². The third kappa shape index (κ3) is 4.09. The maximum Gasteiger partial charge on any atom is 0.338 e. The standard InChI is InChI=1S/C23H23N3O6/c1-13-4-6-14(7-5-13)21-20-18(12-32-22(20)28)26(23(29)25-21)11-19(27)24-15-8-16(30-2)10-17(9-15)31-3/h4-10,21H,11-12H2,1-3H3,(H,24,27)(H,25,29)/t21-/m0/s1. The Morgan fingerprint density at radius 2 is 1.78 bits per heavy atom. The molecule has 2 N–H and O–H groups in total. The molecule has 0 saturated carbocycles. The van der Waals surface area contributed by atoms with Gasteiger partial charge in [-0.1, -0.05) is 29.8 Å². The van der Waals surface area contributed by atoms with Crippen LogP contribution in [-0.4, -0.2) is 50.2 Å². The number of nitrogens with zero attached hydrogens (tertiary/aromatic N) is 1. The van der Waals surface area contributed by atoms with Crippen LogP contribution in [0.4, 0.5) is 10.5 Å². The molecule has 2 heterocycles. The first-order valence-electron chi connectivity index (χ1n) is 9.97. The molecule has 0 radical (unpaired) electrons. The van der Waals surface area contributed by atoms with Crippen LogP contribution >= 0.6 is 0 Å². The smallest absolute Gasteiger partial charge is 0.338 e. The van der Waals surface area contributed by atoms with Gasteiger partial charge in [0.05, 0.1) is 31.5 Å². The van der Waals surface area contributed by atoms with Gasteiger partial charge < -0.3 is 24.8 Å². The third-order valence-electron chi connectivity index (χ3n) is 5.35. The van der Waals surface area contributed by atoms with Crippen molar-refractivity contribution in [1.29, 1.82) is 0 Å². The zero-order valence-electron chi connectivity index (χ0n) is 17.9. The number of hydrogen-bond donors (Lipinski definition) is 2. The van der Waals surface area contributed by atoms with Crippen LogP contribution in [0.15, 0.2) is 53.7 Å². The van der Waals surface area contributed by atoms with Gasteiger partial charge in [0.2, 0.25) is 5.91 Å². The van der Waals surface area contributed by atoms with E-state index < -0.39 is 23.9 Å². The van der Waals surface area contributed by atoms with Crippen LogP contribution in [-0.2, 0) is 14.3 Å². The number of carbonyl (C=O) groups excluding carboxylic acids is 3. The molecule has 1 atom stereocenters. The van der Waals surface area contributed by atoms with Crippen molar-refractivity contribution >= 4 is 23.6 Å². The summed E-state index contributed by atoms with van der Waals surface area (Å²) in [5.41, 5.74) is 3.01. The Morgan fingerprint density at radius 3 is 2.41 bits per heavy atom. The number of anilines is 1. The number of amides is 3. The zero-order chi connectivity index (χ0) is 22.8. The van der Waals surface area contributed by atoms with Crippen LogP contribution in [0.1, 0.15) is 17.2 Å². The van der Waals surface area contributed by atoms with E-state index in [2.05, 4.69) is 10.6 Å². The van der Waals surface area contributed by atoms with Crippen molar-refractivity contribution in [3.05, 3.63) is 64.9 Å². The molecule has 3 amide bonds. The molecular formula is C23H23N3O6. The van der Waals surface area contributed by atoms with E-state index in [4.69, 9.17) is 14.2 Å². The van der Waals surface area contributed by atoms with Crippen LogP contribution in [0.25, 0.3) is 0 Å². The maximum absolute atomic E-state index is 12.9. The van der Waals surface area contributed by atoms with Gasteiger partial charge in [0, 0.05) is 23.9 Å². The number of aryl methyl sites for hydroxylation is 1. The lowest BCUT2D eigenvalue weighted by atomic mass is 9.95. The fourth-order valence-corrected chi connectivity index (χ4v) is 3.71. The molecule has 0 aromatic heterocycles. The molecule has 9 heteroatoms. The molecule has 0 bridgehead atoms. The minimum absolute atomic E-state index is 0.0653. The number of ether oxygens (including phenoxy) is 3. The van der Waals surface area contributed by atoms with Gasteiger partial charge in [0.25, 0.3) is 0 Å². The first kappa shape index (κ1) is 21.2. The minimum Gasteiger partial charge on any atom is -0.497 e. The van der Waals surface area contributed by atoms with Gasteiger partial charge in [-0.25, -0.2) is 9.59 Å². The molecule has 0 fully saturated rings. The molecule has 2 aliphatic heterocycles. The van der Waals surface area contributed by atoms with Crippen molar-refractivity contribution in [1.82, 2.24) is 10.2 Å². The molecule has 0 unspecified atom stereocenters. The Kier molecular flexibility index (Phi) is 5.72. The highest BCUT2D eigenvalue weighted by molar-refractivity contribution is 6.00. The van der Waals surface area contributed by atoms with Crippen LogP contribution in [0.2, 0.25) is 0 Å². The van der Waals surface area contributed by atoms with E-state index in [9.17, 15) is 14.4 Å². The number of benzene rings is 2. The van der Waals surface area contributed by atoms with E-state index >= 15 is 0 Å². The number of nitrogens with one attached hydrogen (secondary N) is 2. The Balaban J connectivity index is 1.57. The topological polar surface area (TPSA) is 106 Å². The molecule has 2 aromatic carbocycles. The van der Waals surface area contributed by atoms with Crippen molar-refractivity contribution in [2.24, 2.45) is 0 Å². The summed E-state index contributed by atoms with van der Waals surface area (Å²) in [6.07, 6.45) is 0. The highest BCUT2D eigenvalue weighted by atomic mass is 16.5. The fraction of sp³-hybridized carbons (Fsp3) is 0.261. The molecule has 2 aromatic rings. The van der Waals surface area contributed by atoms with Crippen LogP contribution in [0, 0.1) is 6.92 Å². The van der Waals surface area contributed by atoms with Crippen molar-refractivity contribution in [3.8, 4) is 11.5 Å². The van der Waals surface area contributed by atoms with Crippen molar-refractivity contribution < 1.29 is 28.6 Å². The molecule has 2 aliphatic rings. The third-order valence-corrected chi connectivity index (χ3v) is 5.35. The summed E-state index contributed by atoms with van der Waals surface area (Å²) in [5.74, 6) is 0.0659. The molecule has 9 nitrogen and oxygen atoms in total. The van der Waals surface area contributed by atoms with Gasteiger partial charge in [-0.3, -0.25) is 9.69 Å². The fourth-order valence-electron chi connectivity index (χ4n) is 3.71. The lowest BCUT2D eigenvalue weighted by Gasteiger charge is -2.32. The highest BCUT2D eigenvalue weighted by Gasteiger charge is 2.42. The number of methoxy groups -OCH3 is 2. The summed E-state index contributed by atoms with van der Waals surface area (Å²) >= 11 is 0. The van der Waals surface area contributed by atoms with Gasteiger partial charge >= 0.3 is 12.0 Å². The predicted molar refractivity (Wildman–Crippen MR) is 115 cm³/mol. The average Bonchev–Trinajstić information content (AvgIpc) is 3.17. The Labute approximate surface area is 184 Å². The average molecular weight is 437 g/mol. The van der Waals surface area contributed by atoms with E-state index in [-0.39, 0.29) is 13.2 Å². The van der Waals surface area contributed by atoms with E-state index in [0.717, 1.165) is 11.1 Å². The second-order valence-electron chi connectivity index (χ2n) is 7.47. The quantitative estimate of drug-likeness (QED) is 0.673. The lowest BCUT2D eigenvalue weighted by molar-refractivity contribution is -0.136.